The highest BCUT2D eigenvalue weighted by atomic mass is 35.5. The van der Waals surface area contributed by atoms with Gasteiger partial charge in [-0.1, -0.05) is 11.6 Å². The average Bonchev–Trinajstić information content (AvgIpc) is 3.16. The molecule has 6 heteroatoms. The smallest absolute Gasteiger partial charge is 0.191 e. The lowest BCUT2D eigenvalue weighted by atomic mass is 9.96. The molecule has 2 aliphatic rings. The zero-order valence-corrected chi connectivity index (χ0v) is 14.2. The Morgan fingerprint density at radius 1 is 1.35 bits per heavy atom. The van der Waals surface area contributed by atoms with Crippen molar-refractivity contribution in [3.8, 4) is 5.75 Å². The molecule has 0 aromatic heterocycles. The molecule has 0 spiro atoms. The van der Waals surface area contributed by atoms with Gasteiger partial charge in [0, 0.05) is 11.6 Å². The van der Waals surface area contributed by atoms with Crippen molar-refractivity contribution in [1.29, 1.82) is 0 Å². The van der Waals surface area contributed by atoms with E-state index in [1.54, 1.807) is 0 Å². The lowest BCUT2D eigenvalue weighted by molar-refractivity contribution is 0.0992. The molecular formula is C17H24ClN3O2. The van der Waals surface area contributed by atoms with Crippen LogP contribution in [0, 0.1) is 0 Å². The van der Waals surface area contributed by atoms with Crippen LogP contribution in [0.25, 0.3) is 0 Å². The second kappa shape index (κ2) is 7.88. The minimum absolute atomic E-state index is 0.342. The first kappa shape index (κ1) is 16.4. The summed E-state index contributed by atoms with van der Waals surface area (Å²) in [5, 5.41) is 7.49. The molecule has 0 amide bonds. The van der Waals surface area contributed by atoms with Crippen molar-refractivity contribution in [2.24, 2.45) is 4.99 Å². The molecule has 1 aromatic carbocycles. The maximum Gasteiger partial charge on any atom is 0.191 e. The molecule has 3 atom stereocenters. The summed E-state index contributed by atoms with van der Waals surface area (Å²) in [6, 6.07) is 7.75. The standard InChI is InChI=1S/C17H24ClN3O2/c1-2-19-17(21-15-11-14-7-8-16(15)23-14)20-9-10-22-13-5-3-12(18)4-6-13/h3-6,14-16H,2,7-11H2,1H3,(H2,19,20,21). The van der Waals surface area contributed by atoms with Crippen LogP contribution in [0.5, 0.6) is 5.75 Å². The molecule has 2 saturated heterocycles. The third-order valence-electron chi connectivity index (χ3n) is 4.22. The normalized spacial score (nSPS) is 26.3. The van der Waals surface area contributed by atoms with Gasteiger partial charge in [0.15, 0.2) is 5.96 Å². The molecule has 3 unspecified atom stereocenters. The highest BCUT2D eigenvalue weighted by molar-refractivity contribution is 6.30. The Hall–Kier alpha value is -1.46. The Bertz CT molecular complexity index is 535. The van der Waals surface area contributed by atoms with Crippen LogP contribution in [-0.4, -0.2) is 43.9 Å². The lowest BCUT2D eigenvalue weighted by Gasteiger charge is -2.22. The van der Waals surface area contributed by atoms with Gasteiger partial charge in [-0.25, -0.2) is 4.99 Å². The summed E-state index contributed by atoms with van der Waals surface area (Å²) >= 11 is 5.85. The zero-order valence-electron chi connectivity index (χ0n) is 13.4. The van der Waals surface area contributed by atoms with Gasteiger partial charge in [0.1, 0.15) is 12.4 Å². The van der Waals surface area contributed by atoms with Crippen LogP contribution < -0.4 is 15.4 Å². The first-order chi connectivity index (χ1) is 11.2. The Labute approximate surface area is 142 Å². The van der Waals surface area contributed by atoms with E-state index in [0.29, 0.717) is 36.4 Å². The number of aliphatic imine (C=N–C) groups is 1. The predicted molar refractivity (Wildman–Crippen MR) is 92.4 cm³/mol. The van der Waals surface area contributed by atoms with Crippen molar-refractivity contribution in [3.63, 3.8) is 0 Å². The molecule has 2 bridgehead atoms. The summed E-state index contributed by atoms with van der Waals surface area (Å²) in [6.45, 7) is 4.04. The van der Waals surface area contributed by atoms with E-state index in [0.717, 1.165) is 31.1 Å². The lowest BCUT2D eigenvalue weighted by Crippen LogP contribution is -2.47. The van der Waals surface area contributed by atoms with Gasteiger partial charge >= 0.3 is 0 Å². The van der Waals surface area contributed by atoms with Crippen molar-refractivity contribution < 1.29 is 9.47 Å². The second-order valence-corrected chi connectivity index (χ2v) is 6.36. The number of ether oxygens (including phenoxy) is 2. The van der Waals surface area contributed by atoms with Crippen LogP contribution in [0.15, 0.2) is 29.3 Å². The third-order valence-corrected chi connectivity index (χ3v) is 4.47. The van der Waals surface area contributed by atoms with E-state index in [-0.39, 0.29) is 0 Å². The molecule has 3 rings (SSSR count). The van der Waals surface area contributed by atoms with Gasteiger partial charge in [0.25, 0.3) is 0 Å². The van der Waals surface area contributed by atoms with Crippen LogP contribution in [-0.2, 0) is 4.74 Å². The maximum absolute atomic E-state index is 5.88. The fraction of sp³-hybridized carbons (Fsp3) is 0.588. The van der Waals surface area contributed by atoms with Crippen molar-refractivity contribution in [1.82, 2.24) is 10.6 Å². The van der Waals surface area contributed by atoms with Gasteiger partial charge < -0.3 is 20.1 Å². The largest absolute Gasteiger partial charge is 0.492 e. The van der Waals surface area contributed by atoms with Gasteiger partial charge in [-0.2, -0.15) is 0 Å². The Morgan fingerprint density at radius 2 is 2.17 bits per heavy atom. The van der Waals surface area contributed by atoms with Crippen LogP contribution >= 0.6 is 11.6 Å². The molecule has 2 fully saturated rings. The minimum atomic E-state index is 0.342. The van der Waals surface area contributed by atoms with Crippen LogP contribution in [0.4, 0.5) is 0 Å². The number of rotatable bonds is 6. The molecule has 126 valence electrons. The summed E-state index contributed by atoms with van der Waals surface area (Å²) in [4.78, 5) is 4.58. The van der Waals surface area contributed by atoms with E-state index in [1.807, 2.05) is 24.3 Å². The average molecular weight is 338 g/mol. The van der Waals surface area contributed by atoms with Crippen molar-refractivity contribution in [2.75, 3.05) is 19.7 Å². The van der Waals surface area contributed by atoms with E-state index in [2.05, 4.69) is 22.5 Å². The molecule has 23 heavy (non-hydrogen) atoms. The van der Waals surface area contributed by atoms with Crippen LogP contribution in [0.1, 0.15) is 26.2 Å². The highest BCUT2D eigenvalue weighted by Crippen LogP contribution is 2.34. The molecule has 0 saturated carbocycles. The van der Waals surface area contributed by atoms with Gasteiger partial charge in [-0.3, -0.25) is 0 Å². The van der Waals surface area contributed by atoms with E-state index in [4.69, 9.17) is 21.1 Å². The van der Waals surface area contributed by atoms with Crippen molar-refractivity contribution >= 4 is 17.6 Å². The Kier molecular flexibility index (Phi) is 5.62. The minimum Gasteiger partial charge on any atom is -0.492 e. The van der Waals surface area contributed by atoms with Gasteiger partial charge in [0.2, 0.25) is 0 Å². The zero-order chi connectivity index (χ0) is 16.1. The number of guanidine groups is 1. The number of hydrogen-bond acceptors (Lipinski definition) is 3. The van der Waals surface area contributed by atoms with E-state index in [9.17, 15) is 0 Å². The molecule has 2 heterocycles. The first-order valence-electron chi connectivity index (χ1n) is 8.33. The summed E-state index contributed by atoms with van der Waals surface area (Å²) in [7, 11) is 0. The van der Waals surface area contributed by atoms with Crippen molar-refractivity contribution in [3.05, 3.63) is 29.3 Å². The third kappa shape index (κ3) is 4.52. The van der Waals surface area contributed by atoms with Crippen LogP contribution in [0.3, 0.4) is 0 Å². The number of fused-ring (bicyclic) bond motifs is 2. The topological polar surface area (TPSA) is 54.9 Å². The first-order valence-corrected chi connectivity index (χ1v) is 8.71. The number of benzene rings is 1. The molecule has 5 nitrogen and oxygen atoms in total. The summed E-state index contributed by atoms with van der Waals surface area (Å²) < 4.78 is 11.5. The van der Waals surface area contributed by atoms with Gasteiger partial charge in [0.05, 0.1) is 24.8 Å². The van der Waals surface area contributed by atoms with Crippen LogP contribution in [0.2, 0.25) is 5.02 Å². The Balaban J connectivity index is 1.45. The molecule has 0 radical (unpaired) electrons. The molecular weight excluding hydrogens is 314 g/mol. The Morgan fingerprint density at radius 3 is 2.83 bits per heavy atom. The summed E-state index contributed by atoms with van der Waals surface area (Å²) in [5.74, 6) is 1.65. The summed E-state index contributed by atoms with van der Waals surface area (Å²) in [5.41, 5.74) is 0. The summed E-state index contributed by atoms with van der Waals surface area (Å²) in [6.07, 6.45) is 4.21. The number of nitrogens with one attached hydrogen (secondary N) is 2. The van der Waals surface area contributed by atoms with Gasteiger partial charge in [-0.05, 0) is 50.5 Å². The highest BCUT2D eigenvalue weighted by Gasteiger charge is 2.41. The second-order valence-electron chi connectivity index (χ2n) is 5.92. The molecule has 2 N–H and O–H groups in total. The maximum atomic E-state index is 5.88. The van der Waals surface area contributed by atoms with E-state index < -0.39 is 0 Å². The van der Waals surface area contributed by atoms with E-state index in [1.165, 1.54) is 6.42 Å². The number of hydrogen-bond donors (Lipinski definition) is 2. The SMILES string of the molecule is CCNC(=NCCOc1ccc(Cl)cc1)NC1CC2CCC1O2. The molecule has 1 aromatic rings. The van der Waals surface area contributed by atoms with E-state index >= 15 is 0 Å². The van der Waals surface area contributed by atoms with Gasteiger partial charge in [-0.15, -0.1) is 0 Å². The molecule has 2 aliphatic heterocycles. The number of nitrogens with zero attached hydrogens (tertiary/aromatic N) is 1. The quantitative estimate of drug-likeness (QED) is 0.476. The predicted octanol–water partition coefficient (Wildman–Crippen LogP) is 2.59. The van der Waals surface area contributed by atoms with Crippen molar-refractivity contribution in [2.45, 2.75) is 44.4 Å². The molecule has 0 aliphatic carbocycles. The number of halogens is 1. The fourth-order valence-electron chi connectivity index (χ4n) is 3.14. The fourth-order valence-corrected chi connectivity index (χ4v) is 3.26. The monoisotopic (exact) mass is 337 g/mol.